The van der Waals surface area contributed by atoms with Gasteiger partial charge in [0.1, 0.15) is 11.3 Å². The molecule has 1 aliphatic heterocycles. The molecule has 3 rings (SSSR count). The van der Waals surface area contributed by atoms with Crippen LogP contribution in [0.2, 0.25) is 0 Å². The molecule has 2 aromatic heterocycles. The Kier molecular flexibility index (Phi) is 2.52. The molecule has 1 N–H and O–H groups in total. The van der Waals surface area contributed by atoms with Gasteiger partial charge in [0.05, 0.1) is 6.20 Å². The van der Waals surface area contributed by atoms with Crippen molar-refractivity contribution in [3.63, 3.8) is 0 Å². The van der Waals surface area contributed by atoms with Crippen LogP contribution in [0, 0.1) is 6.92 Å². The number of hydrogen-bond donors (Lipinski definition) is 1. The fraction of sp³-hybridized carbons (Fsp3) is 0.538. The lowest BCUT2D eigenvalue weighted by atomic mass is 9.81. The van der Waals surface area contributed by atoms with Gasteiger partial charge >= 0.3 is 0 Å². The van der Waals surface area contributed by atoms with Crippen LogP contribution in [0.25, 0.3) is 5.52 Å². The van der Waals surface area contributed by atoms with Crippen LogP contribution in [0.5, 0.6) is 0 Å². The third kappa shape index (κ3) is 1.66. The number of fused-ring (bicyclic) bond motifs is 1. The first-order valence-corrected chi connectivity index (χ1v) is 6.25. The molecule has 96 valence electrons. The van der Waals surface area contributed by atoms with E-state index in [0.717, 1.165) is 37.6 Å². The fourth-order valence-electron chi connectivity index (χ4n) is 2.62. The molecule has 18 heavy (non-hydrogen) atoms. The normalized spacial score (nSPS) is 19.2. The topological polar surface area (TPSA) is 59.4 Å². The first-order chi connectivity index (χ1) is 8.60. The average Bonchev–Trinajstić information content (AvgIpc) is 2.74. The highest BCUT2D eigenvalue weighted by atomic mass is 16.5. The van der Waals surface area contributed by atoms with Gasteiger partial charge in [-0.1, -0.05) is 6.92 Å². The first-order valence-electron chi connectivity index (χ1n) is 6.25. The zero-order valence-corrected chi connectivity index (χ0v) is 10.7. The maximum Gasteiger partial charge on any atom is 0.274 e. The highest BCUT2D eigenvalue weighted by Crippen LogP contribution is 2.33. The molecule has 3 heterocycles. The predicted octanol–water partition coefficient (Wildman–Crippen LogP) is 1.40. The molecule has 0 saturated carbocycles. The van der Waals surface area contributed by atoms with Crippen molar-refractivity contribution < 1.29 is 4.74 Å². The number of nitrogens with one attached hydrogen (secondary N) is 1. The quantitative estimate of drug-likeness (QED) is 0.828. The lowest BCUT2D eigenvalue weighted by Gasteiger charge is -2.32. The third-order valence-electron chi connectivity index (χ3n) is 3.80. The van der Waals surface area contributed by atoms with Crippen molar-refractivity contribution in [2.24, 2.45) is 0 Å². The van der Waals surface area contributed by atoms with E-state index in [1.54, 1.807) is 6.20 Å². The number of nitrogens with zero attached hydrogens (tertiary/aromatic N) is 2. The van der Waals surface area contributed by atoms with E-state index in [9.17, 15) is 4.79 Å². The molecule has 0 atom stereocenters. The Morgan fingerprint density at radius 1 is 1.44 bits per heavy atom. The number of imidazole rings is 1. The summed E-state index contributed by atoms with van der Waals surface area (Å²) in [6, 6.07) is 0. The smallest absolute Gasteiger partial charge is 0.274 e. The summed E-state index contributed by atoms with van der Waals surface area (Å²) in [5.74, 6) is 0.968. The van der Waals surface area contributed by atoms with E-state index >= 15 is 0 Å². The van der Waals surface area contributed by atoms with E-state index in [-0.39, 0.29) is 11.0 Å². The number of hydrogen-bond acceptors (Lipinski definition) is 3. The Morgan fingerprint density at radius 3 is 2.89 bits per heavy atom. The summed E-state index contributed by atoms with van der Waals surface area (Å²) >= 11 is 0. The van der Waals surface area contributed by atoms with E-state index in [2.05, 4.69) is 16.9 Å². The molecule has 5 nitrogen and oxygen atoms in total. The standard InChI is InChI=1S/C13H17N3O2/c1-9-8-16-10(11(17)15-9)7-14-12(16)13(2)3-5-18-6-4-13/h7-8H,3-6H2,1-2H3,(H,15,17). The van der Waals surface area contributed by atoms with Crippen molar-refractivity contribution in [2.75, 3.05) is 13.2 Å². The van der Waals surface area contributed by atoms with Crippen molar-refractivity contribution in [1.82, 2.24) is 14.4 Å². The Bertz CT molecular complexity index is 635. The summed E-state index contributed by atoms with van der Waals surface area (Å²) in [5.41, 5.74) is 1.38. The summed E-state index contributed by atoms with van der Waals surface area (Å²) in [5, 5.41) is 0. The molecule has 0 unspecified atom stereocenters. The van der Waals surface area contributed by atoms with Gasteiger partial charge in [0.2, 0.25) is 0 Å². The third-order valence-corrected chi connectivity index (χ3v) is 3.80. The number of ether oxygens (including phenoxy) is 1. The van der Waals surface area contributed by atoms with Crippen LogP contribution in [0.1, 0.15) is 31.3 Å². The van der Waals surface area contributed by atoms with Gasteiger partial charge in [-0.05, 0) is 19.8 Å². The molecule has 0 spiro atoms. The predicted molar refractivity (Wildman–Crippen MR) is 68.0 cm³/mol. The molecule has 0 bridgehead atoms. The van der Waals surface area contributed by atoms with Crippen molar-refractivity contribution in [3.05, 3.63) is 34.3 Å². The molecular weight excluding hydrogens is 230 g/mol. The fourth-order valence-corrected chi connectivity index (χ4v) is 2.62. The van der Waals surface area contributed by atoms with E-state index in [1.807, 2.05) is 17.5 Å². The second-order valence-electron chi connectivity index (χ2n) is 5.28. The number of aromatic nitrogens is 3. The molecule has 0 aromatic carbocycles. The zero-order chi connectivity index (χ0) is 12.8. The molecule has 0 aliphatic carbocycles. The summed E-state index contributed by atoms with van der Waals surface area (Å²) in [6.07, 6.45) is 5.49. The number of aryl methyl sites for hydroxylation is 1. The second-order valence-corrected chi connectivity index (χ2v) is 5.28. The molecule has 0 radical (unpaired) electrons. The van der Waals surface area contributed by atoms with Gasteiger partial charge in [0.15, 0.2) is 0 Å². The summed E-state index contributed by atoms with van der Waals surface area (Å²) in [6.45, 7) is 5.60. The minimum Gasteiger partial charge on any atom is -0.381 e. The average molecular weight is 247 g/mol. The van der Waals surface area contributed by atoms with E-state index in [0.29, 0.717) is 5.52 Å². The lowest BCUT2D eigenvalue weighted by molar-refractivity contribution is 0.0533. The first kappa shape index (κ1) is 11.5. The Hall–Kier alpha value is -1.62. The van der Waals surface area contributed by atoms with Crippen LogP contribution in [-0.2, 0) is 10.2 Å². The monoisotopic (exact) mass is 247 g/mol. The Balaban J connectivity index is 2.20. The molecule has 1 aliphatic rings. The van der Waals surface area contributed by atoms with Crippen LogP contribution in [0.3, 0.4) is 0 Å². The minimum atomic E-state index is -0.0793. The van der Waals surface area contributed by atoms with E-state index in [4.69, 9.17) is 4.74 Å². The minimum absolute atomic E-state index is 0.00903. The number of H-pyrrole nitrogens is 1. The van der Waals surface area contributed by atoms with Crippen molar-refractivity contribution in [1.29, 1.82) is 0 Å². The highest BCUT2D eigenvalue weighted by Gasteiger charge is 2.33. The zero-order valence-electron chi connectivity index (χ0n) is 10.7. The molecule has 0 amide bonds. The largest absolute Gasteiger partial charge is 0.381 e. The van der Waals surface area contributed by atoms with E-state index < -0.39 is 0 Å². The SMILES string of the molecule is Cc1cn2c(C3(C)CCOCC3)ncc2c(=O)[nH]1. The van der Waals surface area contributed by atoms with Gasteiger partial charge < -0.3 is 9.72 Å². The van der Waals surface area contributed by atoms with Gasteiger partial charge in [0.25, 0.3) is 5.56 Å². The molecular formula is C13H17N3O2. The van der Waals surface area contributed by atoms with Crippen LogP contribution >= 0.6 is 0 Å². The van der Waals surface area contributed by atoms with Gasteiger partial charge in [-0.25, -0.2) is 4.98 Å². The Labute approximate surface area is 105 Å². The number of rotatable bonds is 1. The van der Waals surface area contributed by atoms with Crippen LogP contribution in [0.15, 0.2) is 17.2 Å². The lowest BCUT2D eigenvalue weighted by Crippen LogP contribution is -2.33. The Morgan fingerprint density at radius 2 is 2.17 bits per heavy atom. The molecule has 1 saturated heterocycles. The van der Waals surface area contributed by atoms with Gasteiger partial charge in [0, 0.05) is 30.5 Å². The molecule has 5 heteroatoms. The van der Waals surface area contributed by atoms with Gasteiger partial charge in [-0.15, -0.1) is 0 Å². The maximum atomic E-state index is 11.9. The van der Waals surface area contributed by atoms with Gasteiger partial charge in [-0.3, -0.25) is 9.20 Å². The maximum absolute atomic E-state index is 11.9. The summed E-state index contributed by atoms with van der Waals surface area (Å²) in [7, 11) is 0. The van der Waals surface area contributed by atoms with Crippen molar-refractivity contribution in [3.8, 4) is 0 Å². The van der Waals surface area contributed by atoms with Gasteiger partial charge in [-0.2, -0.15) is 0 Å². The summed E-state index contributed by atoms with van der Waals surface area (Å²) in [4.78, 5) is 19.1. The molecule has 1 fully saturated rings. The van der Waals surface area contributed by atoms with Crippen LogP contribution in [0.4, 0.5) is 0 Å². The van der Waals surface area contributed by atoms with E-state index in [1.165, 1.54) is 0 Å². The highest BCUT2D eigenvalue weighted by molar-refractivity contribution is 5.45. The van der Waals surface area contributed by atoms with Crippen molar-refractivity contribution >= 4 is 5.52 Å². The van der Waals surface area contributed by atoms with Crippen LogP contribution in [-0.4, -0.2) is 27.6 Å². The molecule has 2 aromatic rings. The second kappa shape index (κ2) is 3.95. The summed E-state index contributed by atoms with van der Waals surface area (Å²) < 4.78 is 7.35. The number of aromatic amines is 1. The van der Waals surface area contributed by atoms with Crippen molar-refractivity contribution in [2.45, 2.75) is 32.1 Å². The van der Waals surface area contributed by atoms with Crippen LogP contribution < -0.4 is 5.56 Å².